The number of hydrogen-bond acceptors (Lipinski definition) is 3. The summed E-state index contributed by atoms with van der Waals surface area (Å²) in [6.45, 7) is 1.76. The van der Waals surface area contributed by atoms with E-state index in [0.717, 1.165) is 0 Å². The molecule has 0 amide bonds. The Kier molecular flexibility index (Phi) is 4.64. The van der Waals surface area contributed by atoms with Gasteiger partial charge in [0.05, 0.1) is 0 Å². The first kappa shape index (κ1) is 12.4. The summed E-state index contributed by atoms with van der Waals surface area (Å²) in [5.74, 6) is -0.0269. The third-order valence-corrected chi connectivity index (χ3v) is 2.57. The molecule has 0 aromatic heterocycles. The predicted octanol–water partition coefficient (Wildman–Crippen LogP) is 2.70. The summed E-state index contributed by atoms with van der Waals surface area (Å²) >= 11 is 0. The molecule has 0 aliphatic rings. The second-order valence-electron chi connectivity index (χ2n) is 3.68. The number of nitrogens with zero attached hydrogens (tertiary/aromatic N) is 1. The van der Waals surface area contributed by atoms with Gasteiger partial charge in [-0.1, -0.05) is 37.3 Å². The zero-order chi connectivity index (χ0) is 12.0. The van der Waals surface area contributed by atoms with Gasteiger partial charge in [-0.15, -0.1) is 0 Å². The van der Waals surface area contributed by atoms with Crippen LogP contribution in [-0.4, -0.2) is 16.7 Å². The molecule has 4 nitrogen and oxygen atoms in total. The van der Waals surface area contributed by atoms with Crippen molar-refractivity contribution in [3.8, 4) is 0 Å². The van der Waals surface area contributed by atoms with Crippen LogP contribution in [0.25, 0.3) is 0 Å². The van der Waals surface area contributed by atoms with Crippen LogP contribution in [0.15, 0.2) is 30.3 Å². The van der Waals surface area contributed by atoms with Crippen molar-refractivity contribution in [1.82, 2.24) is 0 Å². The molecule has 0 radical (unpaired) electrons. The van der Waals surface area contributed by atoms with Crippen molar-refractivity contribution < 1.29 is 9.72 Å². The Morgan fingerprint density at radius 3 is 2.50 bits per heavy atom. The molecule has 1 rings (SSSR count). The average Bonchev–Trinajstić information content (AvgIpc) is 2.30. The molecule has 0 bridgehead atoms. The van der Waals surface area contributed by atoms with Gasteiger partial charge in [0.1, 0.15) is 0 Å². The summed E-state index contributed by atoms with van der Waals surface area (Å²) in [5, 5.41) is 10.6. The predicted molar refractivity (Wildman–Crippen MR) is 61.1 cm³/mol. The van der Waals surface area contributed by atoms with Crippen molar-refractivity contribution in [2.24, 2.45) is 0 Å². The van der Waals surface area contributed by atoms with Crippen LogP contribution < -0.4 is 0 Å². The fraction of sp³-hybridized carbons (Fsp3) is 0.417. The highest BCUT2D eigenvalue weighted by Gasteiger charge is 2.18. The highest BCUT2D eigenvalue weighted by Crippen LogP contribution is 2.10. The summed E-state index contributed by atoms with van der Waals surface area (Å²) in [7, 11) is 0. The zero-order valence-corrected chi connectivity index (χ0v) is 9.26. The van der Waals surface area contributed by atoms with E-state index in [9.17, 15) is 14.9 Å². The number of nitro groups is 1. The first-order valence-corrected chi connectivity index (χ1v) is 5.37. The topological polar surface area (TPSA) is 60.2 Å². The van der Waals surface area contributed by atoms with Crippen LogP contribution in [0.4, 0.5) is 0 Å². The Morgan fingerprint density at radius 2 is 2.00 bits per heavy atom. The monoisotopic (exact) mass is 221 g/mol. The molecule has 0 spiro atoms. The summed E-state index contributed by atoms with van der Waals surface area (Å²) < 4.78 is 0. The first-order chi connectivity index (χ1) is 7.65. The Bertz CT molecular complexity index is 362. The Hall–Kier alpha value is -1.71. The SMILES string of the molecule is CCC(CCC(=O)c1ccccc1)[N+](=O)[O-]. The second kappa shape index (κ2) is 6.00. The maximum Gasteiger partial charge on any atom is 0.213 e. The van der Waals surface area contributed by atoms with Gasteiger partial charge in [0.15, 0.2) is 5.78 Å². The summed E-state index contributed by atoms with van der Waals surface area (Å²) in [6.07, 6.45) is 1.02. The van der Waals surface area contributed by atoms with Crippen molar-refractivity contribution in [2.45, 2.75) is 32.2 Å². The van der Waals surface area contributed by atoms with Gasteiger partial charge >= 0.3 is 0 Å². The molecule has 1 aromatic carbocycles. The number of hydrogen-bond donors (Lipinski definition) is 0. The van der Waals surface area contributed by atoms with E-state index in [1.165, 1.54) is 0 Å². The number of Topliss-reactive ketones (excluding diaryl/α,β-unsaturated/α-hetero) is 1. The maximum atomic E-state index is 11.7. The quantitative estimate of drug-likeness (QED) is 0.421. The molecule has 0 aliphatic carbocycles. The van der Waals surface area contributed by atoms with E-state index >= 15 is 0 Å². The van der Waals surface area contributed by atoms with Crippen molar-refractivity contribution in [2.75, 3.05) is 0 Å². The normalized spacial score (nSPS) is 12.1. The van der Waals surface area contributed by atoms with Gasteiger partial charge in [-0.25, -0.2) is 0 Å². The van der Waals surface area contributed by atoms with E-state index in [0.29, 0.717) is 18.4 Å². The second-order valence-corrected chi connectivity index (χ2v) is 3.68. The molecule has 0 N–H and O–H groups in total. The molecule has 86 valence electrons. The molecule has 0 aliphatic heterocycles. The summed E-state index contributed by atoms with van der Waals surface area (Å²) in [4.78, 5) is 21.9. The molecule has 0 heterocycles. The number of rotatable bonds is 6. The van der Waals surface area contributed by atoms with Crippen LogP contribution in [0.3, 0.4) is 0 Å². The van der Waals surface area contributed by atoms with Crippen LogP contribution in [0.1, 0.15) is 36.5 Å². The van der Waals surface area contributed by atoms with Crippen molar-refractivity contribution >= 4 is 5.78 Å². The number of carbonyl (C=O) groups excluding carboxylic acids is 1. The van der Waals surface area contributed by atoms with Crippen LogP contribution >= 0.6 is 0 Å². The number of ketones is 1. The fourth-order valence-electron chi connectivity index (χ4n) is 1.52. The molecule has 0 fully saturated rings. The summed E-state index contributed by atoms with van der Waals surface area (Å²) in [5.41, 5.74) is 0.626. The van der Waals surface area contributed by atoms with Crippen molar-refractivity contribution in [3.63, 3.8) is 0 Å². The lowest BCUT2D eigenvalue weighted by Gasteiger charge is -2.05. The average molecular weight is 221 g/mol. The molecule has 1 aromatic rings. The van der Waals surface area contributed by atoms with Crippen LogP contribution in [0, 0.1) is 10.1 Å². The van der Waals surface area contributed by atoms with E-state index < -0.39 is 6.04 Å². The molecule has 1 atom stereocenters. The molecule has 0 saturated carbocycles. The van der Waals surface area contributed by atoms with Gasteiger partial charge < -0.3 is 0 Å². The lowest BCUT2D eigenvalue weighted by molar-refractivity contribution is -0.523. The van der Waals surface area contributed by atoms with Crippen LogP contribution in [0.5, 0.6) is 0 Å². The highest BCUT2D eigenvalue weighted by molar-refractivity contribution is 5.95. The van der Waals surface area contributed by atoms with Gasteiger partial charge in [-0.2, -0.15) is 0 Å². The van der Waals surface area contributed by atoms with E-state index in [4.69, 9.17) is 0 Å². The van der Waals surface area contributed by atoms with Gasteiger partial charge in [0.25, 0.3) is 0 Å². The molecular formula is C12H15NO3. The minimum absolute atomic E-state index is 0.0269. The lowest BCUT2D eigenvalue weighted by Crippen LogP contribution is -2.19. The Balaban J connectivity index is 2.50. The standard InChI is InChI=1S/C12H15NO3/c1-2-11(13(15)16)8-9-12(14)10-6-4-3-5-7-10/h3-7,11H,2,8-9H2,1H3. The van der Waals surface area contributed by atoms with Crippen LogP contribution in [-0.2, 0) is 0 Å². The lowest BCUT2D eigenvalue weighted by atomic mass is 10.0. The van der Waals surface area contributed by atoms with Crippen molar-refractivity contribution in [1.29, 1.82) is 0 Å². The number of benzene rings is 1. The van der Waals surface area contributed by atoms with Gasteiger partial charge in [-0.3, -0.25) is 14.9 Å². The van der Waals surface area contributed by atoms with Crippen LogP contribution in [0.2, 0.25) is 0 Å². The third kappa shape index (κ3) is 3.46. The Morgan fingerprint density at radius 1 is 1.38 bits per heavy atom. The third-order valence-electron chi connectivity index (χ3n) is 2.57. The van der Waals surface area contributed by atoms with E-state index in [2.05, 4.69) is 0 Å². The molecular weight excluding hydrogens is 206 g/mol. The molecule has 16 heavy (non-hydrogen) atoms. The summed E-state index contributed by atoms with van der Waals surface area (Å²) in [6, 6.07) is 8.27. The van der Waals surface area contributed by atoms with Crippen molar-refractivity contribution in [3.05, 3.63) is 46.0 Å². The van der Waals surface area contributed by atoms with E-state index in [1.807, 2.05) is 6.07 Å². The van der Waals surface area contributed by atoms with E-state index in [-0.39, 0.29) is 17.1 Å². The smallest absolute Gasteiger partial charge is 0.213 e. The molecule has 0 saturated heterocycles. The highest BCUT2D eigenvalue weighted by atomic mass is 16.6. The Labute approximate surface area is 94.4 Å². The van der Waals surface area contributed by atoms with Gasteiger partial charge in [0, 0.05) is 29.7 Å². The van der Waals surface area contributed by atoms with E-state index in [1.54, 1.807) is 31.2 Å². The fourth-order valence-corrected chi connectivity index (χ4v) is 1.52. The zero-order valence-electron chi connectivity index (χ0n) is 9.26. The van der Waals surface area contributed by atoms with Gasteiger partial charge in [0.2, 0.25) is 6.04 Å². The largest absolute Gasteiger partial charge is 0.294 e. The molecule has 4 heteroatoms. The van der Waals surface area contributed by atoms with Gasteiger partial charge in [-0.05, 0) is 0 Å². The number of carbonyl (C=O) groups is 1. The maximum absolute atomic E-state index is 11.7. The minimum atomic E-state index is -0.604. The first-order valence-electron chi connectivity index (χ1n) is 5.37. The molecule has 1 unspecified atom stereocenters. The minimum Gasteiger partial charge on any atom is -0.294 e.